The number of carboxylic acid groups (broad SMARTS) is 1. The van der Waals surface area contributed by atoms with Gasteiger partial charge >= 0.3 is 6.09 Å². The largest absolute Gasteiger partial charge is 0.465 e. The normalized spacial score (nSPS) is 22.7. The van der Waals surface area contributed by atoms with Crippen molar-refractivity contribution >= 4 is 6.09 Å². The minimum atomic E-state index is -0.783. The fourth-order valence-electron chi connectivity index (χ4n) is 1.95. The average molecular weight is 186 g/mol. The van der Waals surface area contributed by atoms with Gasteiger partial charge in [0.05, 0.1) is 0 Å². The number of likely N-dealkylation sites (N-methyl/N-ethyl adjacent to an activating group) is 1. The summed E-state index contributed by atoms with van der Waals surface area (Å²) in [6.45, 7) is 7.62. The van der Waals surface area contributed by atoms with E-state index >= 15 is 0 Å². The standard InChI is InChI=1S/C9H18N2O2/c1-3-10(4-2)8-5-6-11(7-8)9(12)13/h8H,3-7H2,1-2H3,(H,12,13). The van der Waals surface area contributed by atoms with E-state index < -0.39 is 6.09 Å². The summed E-state index contributed by atoms with van der Waals surface area (Å²) in [6.07, 6.45) is 0.197. The Kier molecular flexibility index (Phi) is 3.54. The Labute approximate surface area is 79.1 Å². The van der Waals surface area contributed by atoms with Crippen LogP contribution in [0.25, 0.3) is 0 Å². The molecule has 0 bridgehead atoms. The summed E-state index contributed by atoms with van der Waals surface area (Å²) in [7, 11) is 0. The minimum Gasteiger partial charge on any atom is -0.465 e. The Morgan fingerprint density at radius 1 is 1.54 bits per heavy atom. The fraction of sp³-hybridized carbons (Fsp3) is 0.889. The Balaban J connectivity index is 2.43. The lowest BCUT2D eigenvalue weighted by atomic mass is 10.2. The summed E-state index contributed by atoms with van der Waals surface area (Å²) in [5, 5.41) is 8.77. The molecule has 13 heavy (non-hydrogen) atoms. The van der Waals surface area contributed by atoms with Crippen LogP contribution in [0.1, 0.15) is 20.3 Å². The number of amides is 1. The third-order valence-electron chi connectivity index (χ3n) is 2.76. The zero-order valence-corrected chi connectivity index (χ0v) is 8.36. The number of hydrogen-bond donors (Lipinski definition) is 1. The minimum absolute atomic E-state index is 0.436. The van der Waals surface area contributed by atoms with Gasteiger partial charge in [-0.25, -0.2) is 4.79 Å². The lowest BCUT2D eigenvalue weighted by Gasteiger charge is -2.25. The molecular weight excluding hydrogens is 168 g/mol. The zero-order chi connectivity index (χ0) is 9.84. The molecule has 1 saturated heterocycles. The summed E-state index contributed by atoms with van der Waals surface area (Å²) in [4.78, 5) is 14.5. The third-order valence-corrected chi connectivity index (χ3v) is 2.76. The molecule has 0 aromatic heterocycles. The molecule has 1 rings (SSSR count). The molecule has 1 aliphatic heterocycles. The highest BCUT2D eigenvalue weighted by atomic mass is 16.4. The van der Waals surface area contributed by atoms with Gasteiger partial charge in [0.15, 0.2) is 0 Å². The molecule has 0 spiro atoms. The summed E-state index contributed by atoms with van der Waals surface area (Å²) < 4.78 is 0. The van der Waals surface area contributed by atoms with E-state index in [4.69, 9.17) is 5.11 Å². The molecule has 1 N–H and O–H groups in total. The molecule has 1 atom stereocenters. The van der Waals surface area contributed by atoms with E-state index in [9.17, 15) is 4.79 Å². The van der Waals surface area contributed by atoms with Crippen LogP contribution in [0.2, 0.25) is 0 Å². The first-order valence-corrected chi connectivity index (χ1v) is 4.91. The molecule has 1 aliphatic rings. The quantitative estimate of drug-likeness (QED) is 0.717. The van der Waals surface area contributed by atoms with Gasteiger partial charge in [-0.05, 0) is 19.5 Å². The number of rotatable bonds is 3. The van der Waals surface area contributed by atoms with E-state index in [1.807, 2.05) is 0 Å². The maximum atomic E-state index is 10.7. The van der Waals surface area contributed by atoms with Crippen LogP contribution in [0.15, 0.2) is 0 Å². The third kappa shape index (κ3) is 2.34. The topological polar surface area (TPSA) is 43.8 Å². The molecule has 4 heteroatoms. The number of hydrogen-bond acceptors (Lipinski definition) is 2. The van der Waals surface area contributed by atoms with E-state index in [0.29, 0.717) is 19.1 Å². The van der Waals surface area contributed by atoms with Crippen molar-refractivity contribution in [2.24, 2.45) is 0 Å². The van der Waals surface area contributed by atoms with Gasteiger partial charge in [-0.3, -0.25) is 4.90 Å². The van der Waals surface area contributed by atoms with Crippen LogP contribution in [-0.4, -0.2) is 53.2 Å². The molecule has 4 nitrogen and oxygen atoms in total. The van der Waals surface area contributed by atoms with E-state index in [0.717, 1.165) is 19.5 Å². The van der Waals surface area contributed by atoms with Gasteiger partial charge < -0.3 is 10.0 Å². The first-order valence-electron chi connectivity index (χ1n) is 4.91. The lowest BCUT2D eigenvalue weighted by molar-refractivity contribution is 0.148. The molecule has 1 heterocycles. The van der Waals surface area contributed by atoms with E-state index in [-0.39, 0.29) is 0 Å². The van der Waals surface area contributed by atoms with Crippen LogP contribution in [0.4, 0.5) is 4.79 Å². The average Bonchev–Trinajstić information content (AvgIpc) is 2.56. The van der Waals surface area contributed by atoms with Gasteiger partial charge in [0.2, 0.25) is 0 Å². The summed E-state index contributed by atoms with van der Waals surface area (Å²) in [5.74, 6) is 0. The van der Waals surface area contributed by atoms with Crippen molar-refractivity contribution in [2.75, 3.05) is 26.2 Å². The monoisotopic (exact) mass is 186 g/mol. The highest BCUT2D eigenvalue weighted by Gasteiger charge is 2.28. The van der Waals surface area contributed by atoms with Gasteiger partial charge in [-0.1, -0.05) is 13.8 Å². The zero-order valence-electron chi connectivity index (χ0n) is 8.36. The number of likely N-dealkylation sites (tertiary alicyclic amines) is 1. The van der Waals surface area contributed by atoms with Crippen molar-refractivity contribution in [3.63, 3.8) is 0 Å². The Bertz CT molecular complexity index is 180. The molecule has 0 saturated carbocycles. The predicted molar refractivity (Wildman–Crippen MR) is 50.9 cm³/mol. The number of carbonyl (C=O) groups is 1. The maximum absolute atomic E-state index is 10.7. The summed E-state index contributed by atoms with van der Waals surface area (Å²) in [5.41, 5.74) is 0. The van der Waals surface area contributed by atoms with Gasteiger partial charge in [-0.15, -0.1) is 0 Å². The molecule has 0 aromatic rings. The molecule has 0 aromatic carbocycles. The maximum Gasteiger partial charge on any atom is 0.407 e. The molecule has 76 valence electrons. The summed E-state index contributed by atoms with van der Waals surface area (Å²) in [6, 6.07) is 0.436. The van der Waals surface area contributed by atoms with Crippen molar-refractivity contribution < 1.29 is 9.90 Å². The molecule has 1 amide bonds. The second kappa shape index (κ2) is 4.46. The van der Waals surface area contributed by atoms with Crippen molar-refractivity contribution in [1.82, 2.24) is 9.80 Å². The van der Waals surface area contributed by atoms with E-state index in [1.54, 1.807) is 0 Å². The van der Waals surface area contributed by atoms with E-state index in [1.165, 1.54) is 4.90 Å². The van der Waals surface area contributed by atoms with Crippen LogP contribution in [-0.2, 0) is 0 Å². The van der Waals surface area contributed by atoms with Crippen LogP contribution >= 0.6 is 0 Å². The molecular formula is C9H18N2O2. The second-order valence-corrected chi connectivity index (χ2v) is 3.39. The van der Waals surface area contributed by atoms with Crippen LogP contribution in [0.3, 0.4) is 0 Å². The summed E-state index contributed by atoms with van der Waals surface area (Å²) >= 11 is 0. The molecule has 0 radical (unpaired) electrons. The Morgan fingerprint density at radius 3 is 2.54 bits per heavy atom. The second-order valence-electron chi connectivity index (χ2n) is 3.39. The van der Waals surface area contributed by atoms with Crippen molar-refractivity contribution in [2.45, 2.75) is 26.3 Å². The first-order chi connectivity index (χ1) is 6.19. The number of nitrogens with zero attached hydrogens (tertiary/aromatic N) is 2. The first kappa shape index (κ1) is 10.3. The van der Waals surface area contributed by atoms with Gasteiger partial charge in [0.1, 0.15) is 0 Å². The van der Waals surface area contributed by atoms with Crippen molar-refractivity contribution in [3.05, 3.63) is 0 Å². The lowest BCUT2D eigenvalue weighted by Crippen LogP contribution is -2.38. The van der Waals surface area contributed by atoms with Gasteiger partial charge in [-0.2, -0.15) is 0 Å². The van der Waals surface area contributed by atoms with Crippen LogP contribution < -0.4 is 0 Å². The van der Waals surface area contributed by atoms with Crippen LogP contribution in [0.5, 0.6) is 0 Å². The van der Waals surface area contributed by atoms with Crippen LogP contribution in [0, 0.1) is 0 Å². The van der Waals surface area contributed by atoms with Gasteiger partial charge in [0.25, 0.3) is 0 Å². The van der Waals surface area contributed by atoms with Crippen molar-refractivity contribution in [1.29, 1.82) is 0 Å². The smallest absolute Gasteiger partial charge is 0.407 e. The molecule has 1 fully saturated rings. The van der Waals surface area contributed by atoms with Crippen molar-refractivity contribution in [3.8, 4) is 0 Å². The van der Waals surface area contributed by atoms with Gasteiger partial charge in [0, 0.05) is 19.1 Å². The molecule has 1 unspecified atom stereocenters. The molecule has 0 aliphatic carbocycles. The predicted octanol–water partition coefficient (Wildman–Crippen LogP) is 1.08. The highest BCUT2D eigenvalue weighted by Crippen LogP contribution is 2.14. The highest BCUT2D eigenvalue weighted by molar-refractivity contribution is 5.65. The fourth-order valence-corrected chi connectivity index (χ4v) is 1.95. The van der Waals surface area contributed by atoms with E-state index in [2.05, 4.69) is 18.7 Å². The Morgan fingerprint density at radius 2 is 2.15 bits per heavy atom. The Hall–Kier alpha value is -0.770. The SMILES string of the molecule is CCN(CC)C1CCN(C(=O)O)C1.